The highest BCUT2D eigenvalue weighted by molar-refractivity contribution is 14.1. The molecule has 0 saturated carbocycles. The molecule has 0 radical (unpaired) electrons. The van der Waals surface area contributed by atoms with Gasteiger partial charge in [0.15, 0.2) is 0 Å². The Morgan fingerprint density at radius 3 is 2.37 bits per heavy atom. The summed E-state index contributed by atoms with van der Waals surface area (Å²) in [5.41, 5.74) is 3.71. The van der Waals surface area contributed by atoms with E-state index in [4.69, 9.17) is 0 Å². The Kier molecular flexibility index (Phi) is 4.62. The molecule has 2 nitrogen and oxygen atoms in total. The van der Waals surface area contributed by atoms with Crippen molar-refractivity contribution in [1.82, 2.24) is 0 Å². The molecule has 0 aliphatic rings. The van der Waals surface area contributed by atoms with E-state index in [1.165, 1.54) is 0 Å². The lowest BCUT2D eigenvalue weighted by molar-refractivity contribution is 0.102. The van der Waals surface area contributed by atoms with Crippen LogP contribution in [0.5, 0.6) is 0 Å². The minimum Gasteiger partial charge on any atom is -0.322 e. The van der Waals surface area contributed by atoms with E-state index in [2.05, 4.69) is 43.8 Å². The van der Waals surface area contributed by atoms with Gasteiger partial charge < -0.3 is 5.32 Å². The number of benzene rings is 2. The summed E-state index contributed by atoms with van der Waals surface area (Å²) in [6.07, 6.45) is 0. The van der Waals surface area contributed by atoms with E-state index in [9.17, 15) is 4.79 Å². The summed E-state index contributed by atoms with van der Waals surface area (Å²) in [5, 5.41) is 2.93. The van der Waals surface area contributed by atoms with Crippen LogP contribution < -0.4 is 5.32 Å². The smallest absolute Gasteiger partial charge is 0.255 e. The number of halogens is 2. The van der Waals surface area contributed by atoms with Crippen LogP contribution in [-0.4, -0.2) is 5.91 Å². The number of carbonyl (C=O) groups excluding carboxylic acids is 1. The van der Waals surface area contributed by atoms with Crippen LogP contribution in [0.15, 0.2) is 40.9 Å². The number of carbonyl (C=O) groups is 1. The summed E-state index contributed by atoms with van der Waals surface area (Å²) >= 11 is 5.72. The molecule has 0 saturated heterocycles. The molecule has 0 unspecified atom stereocenters. The summed E-state index contributed by atoms with van der Waals surface area (Å²) in [6, 6.07) is 11.5. The first-order chi connectivity index (χ1) is 8.97. The number of nitrogens with one attached hydrogen (secondary N) is 1. The Hall–Kier alpha value is -0.880. The van der Waals surface area contributed by atoms with E-state index >= 15 is 0 Å². The van der Waals surface area contributed by atoms with E-state index in [1.807, 2.05) is 50.2 Å². The SMILES string of the molecule is Cc1cc(NC(=O)c2cccc(I)c2)cc(C)c1Br. The summed E-state index contributed by atoms with van der Waals surface area (Å²) in [7, 11) is 0. The number of hydrogen-bond donors (Lipinski definition) is 1. The van der Waals surface area contributed by atoms with E-state index in [-0.39, 0.29) is 5.91 Å². The first-order valence-electron chi connectivity index (χ1n) is 5.81. The zero-order valence-electron chi connectivity index (χ0n) is 10.6. The number of aryl methyl sites for hydroxylation is 2. The Morgan fingerprint density at radius 2 is 1.79 bits per heavy atom. The first kappa shape index (κ1) is 14.5. The molecular formula is C15H13BrINO. The molecule has 0 fully saturated rings. The standard InChI is InChI=1S/C15H13BrINO/c1-9-6-13(7-10(2)14(9)16)18-15(19)11-4-3-5-12(17)8-11/h3-8H,1-2H3,(H,18,19). The lowest BCUT2D eigenvalue weighted by Crippen LogP contribution is -2.12. The highest BCUT2D eigenvalue weighted by Gasteiger charge is 2.08. The molecule has 0 spiro atoms. The number of amides is 1. The maximum Gasteiger partial charge on any atom is 0.255 e. The molecule has 0 atom stereocenters. The van der Waals surface area contributed by atoms with Gasteiger partial charge in [0.1, 0.15) is 0 Å². The second kappa shape index (κ2) is 6.05. The van der Waals surface area contributed by atoms with Crippen molar-refractivity contribution in [1.29, 1.82) is 0 Å². The molecule has 19 heavy (non-hydrogen) atoms. The van der Waals surface area contributed by atoms with Gasteiger partial charge in [0, 0.05) is 19.3 Å². The maximum atomic E-state index is 12.1. The van der Waals surface area contributed by atoms with Gasteiger partial charge in [-0.3, -0.25) is 4.79 Å². The molecule has 0 aliphatic heterocycles. The average Bonchev–Trinajstić information content (AvgIpc) is 2.36. The van der Waals surface area contributed by atoms with Gasteiger partial charge in [-0.1, -0.05) is 22.0 Å². The quantitative estimate of drug-likeness (QED) is 0.674. The lowest BCUT2D eigenvalue weighted by Gasteiger charge is -2.10. The average molecular weight is 430 g/mol. The molecule has 0 heterocycles. The highest BCUT2D eigenvalue weighted by atomic mass is 127. The Balaban J connectivity index is 2.24. The fraction of sp³-hybridized carbons (Fsp3) is 0.133. The molecular weight excluding hydrogens is 417 g/mol. The maximum absolute atomic E-state index is 12.1. The molecule has 98 valence electrons. The van der Waals surface area contributed by atoms with E-state index in [1.54, 1.807) is 0 Å². The summed E-state index contributed by atoms with van der Waals surface area (Å²) in [5.74, 6) is -0.0837. The summed E-state index contributed by atoms with van der Waals surface area (Å²) in [6.45, 7) is 4.02. The molecule has 4 heteroatoms. The second-order valence-electron chi connectivity index (χ2n) is 4.39. The minimum absolute atomic E-state index is 0.0837. The van der Waals surface area contributed by atoms with Gasteiger partial charge in [-0.25, -0.2) is 0 Å². The molecule has 0 bridgehead atoms. The van der Waals surface area contributed by atoms with Crippen molar-refractivity contribution in [2.75, 3.05) is 5.32 Å². The van der Waals surface area contributed by atoms with Crippen LogP contribution in [0, 0.1) is 17.4 Å². The van der Waals surface area contributed by atoms with Gasteiger partial charge in [-0.15, -0.1) is 0 Å². The van der Waals surface area contributed by atoms with E-state index < -0.39 is 0 Å². The molecule has 1 N–H and O–H groups in total. The van der Waals surface area contributed by atoms with Gasteiger partial charge in [0.2, 0.25) is 0 Å². The second-order valence-corrected chi connectivity index (χ2v) is 6.43. The Labute approximate surface area is 134 Å². The highest BCUT2D eigenvalue weighted by Crippen LogP contribution is 2.25. The number of anilines is 1. The minimum atomic E-state index is -0.0837. The van der Waals surface area contributed by atoms with Crippen LogP contribution in [0.4, 0.5) is 5.69 Å². The van der Waals surface area contributed by atoms with Gasteiger partial charge in [-0.2, -0.15) is 0 Å². The molecule has 2 rings (SSSR count). The van der Waals surface area contributed by atoms with Crippen molar-refractivity contribution in [3.05, 3.63) is 61.1 Å². The number of rotatable bonds is 2. The first-order valence-corrected chi connectivity index (χ1v) is 7.68. The normalized spacial score (nSPS) is 10.3. The van der Waals surface area contributed by atoms with Gasteiger partial charge in [-0.05, 0) is 77.9 Å². The Morgan fingerprint density at radius 1 is 1.16 bits per heavy atom. The predicted molar refractivity (Wildman–Crippen MR) is 90.7 cm³/mol. The van der Waals surface area contributed by atoms with Crippen molar-refractivity contribution in [3.8, 4) is 0 Å². The fourth-order valence-corrected chi connectivity index (χ4v) is 2.62. The topological polar surface area (TPSA) is 29.1 Å². The van der Waals surface area contributed by atoms with Crippen molar-refractivity contribution in [2.45, 2.75) is 13.8 Å². The van der Waals surface area contributed by atoms with Gasteiger partial charge in [0.05, 0.1) is 0 Å². The van der Waals surface area contributed by atoms with Gasteiger partial charge >= 0.3 is 0 Å². The van der Waals surface area contributed by atoms with Crippen LogP contribution in [0.25, 0.3) is 0 Å². The predicted octanol–water partition coefficient (Wildman–Crippen LogP) is 4.92. The van der Waals surface area contributed by atoms with Gasteiger partial charge in [0.25, 0.3) is 5.91 Å². The molecule has 1 amide bonds. The van der Waals surface area contributed by atoms with Crippen molar-refractivity contribution in [2.24, 2.45) is 0 Å². The van der Waals surface area contributed by atoms with Crippen LogP contribution in [-0.2, 0) is 0 Å². The zero-order chi connectivity index (χ0) is 14.0. The molecule has 0 aromatic heterocycles. The molecule has 2 aromatic rings. The van der Waals surface area contributed by atoms with Crippen LogP contribution in [0.2, 0.25) is 0 Å². The van der Waals surface area contributed by atoms with E-state index in [0.717, 1.165) is 24.9 Å². The Bertz CT molecular complexity index is 617. The van der Waals surface area contributed by atoms with Crippen molar-refractivity contribution < 1.29 is 4.79 Å². The lowest BCUT2D eigenvalue weighted by atomic mass is 10.1. The molecule has 0 aliphatic carbocycles. The summed E-state index contributed by atoms with van der Waals surface area (Å²) in [4.78, 5) is 12.1. The third-order valence-corrected chi connectivity index (χ3v) is 4.70. The van der Waals surface area contributed by atoms with Crippen molar-refractivity contribution >= 4 is 50.1 Å². The van der Waals surface area contributed by atoms with Crippen LogP contribution >= 0.6 is 38.5 Å². The fourth-order valence-electron chi connectivity index (χ4n) is 1.85. The third kappa shape index (κ3) is 3.57. The van der Waals surface area contributed by atoms with Crippen LogP contribution in [0.1, 0.15) is 21.5 Å². The largest absolute Gasteiger partial charge is 0.322 e. The van der Waals surface area contributed by atoms with E-state index in [0.29, 0.717) is 5.56 Å². The number of hydrogen-bond acceptors (Lipinski definition) is 1. The van der Waals surface area contributed by atoms with Crippen molar-refractivity contribution in [3.63, 3.8) is 0 Å². The zero-order valence-corrected chi connectivity index (χ0v) is 14.4. The monoisotopic (exact) mass is 429 g/mol. The van der Waals surface area contributed by atoms with Crippen LogP contribution in [0.3, 0.4) is 0 Å². The molecule has 2 aromatic carbocycles. The third-order valence-electron chi connectivity index (χ3n) is 2.78. The summed E-state index contributed by atoms with van der Waals surface area (Å²) < 4.78 is 2.13.